The van der Waals surface area contributed by atoms with E-state index < -0.39 is 34.4 Å². The van der Waals surface area contributed by atoms with Gasteiger partial charge in [0.1, 0.15) is 0 Å². The summed E-state index contributed by atoms with van der Waals surface area (Å²) in [5, 5.41) is 0.477. The van der Waals surface area contributed by atoms with Gasteiger partial charge in [0.05, 0.1) is 18.0 Å². The molecule has 0 unspecified atom stereocenters. The Morgan fingerprint density at radius 3 is 2.42 bits per heavy atom. The fraction of sp³-hybridized carbons (Fsp3) is 0.714. The molecule has 2 fully saturated rings. The van der Waals surface area contributed by atoms with Gasteiger partial charge in [-0.05, 0) is 12.8 Å². The molecule has 9 nitrogen and oxygen atoms in total. The molecule has 2 atom stereocenters. The summed E-state index contributed by atoms with van der Waals surface area (Å²) in [6.07, 6.45) is 0.574. The van der Waals surface area contributed by atoms with Gasteiger partial charge in [-0.25, -0.2) is 13.2 Å². The minimum atomic E-state index is -5.02. The van der Waals surface area contributed by atoms with E-state index in [9.17, 15) is 22.6 Å². The molecule has 0 aliphatic carbocycles. The van der Waals surface area contributed by atoms with Gasteiger partial charge in [0.2, 0.25) is 10.4 Å². The number of piperidine rings is 1. The number of hydroxylamine groups is 2. The molecule has 0 aromatic heterocycles. The molecule has 0 aromatic rings. The minimum Gasteiger partial charge on any atom is -0.724 e. The molecule has 2 rings (SSSR count). The summed E-state index contributed by atoms with van der Waals surface area (Å²) in [5.74, 6) is -0.913. The number of amides is 3. The van der Waals surface area contributed by atoms with Crippen molar-refractivity contribution in [1.82, 2.24) is 9.96 Å². The first-order valence-corrected chi connectivity index (χ1v) is 6.13. The van der Waals surface area contributed by atoms with Gasteiger partial charge in [0, 0.05) is 6.54 Å². The fourth-order valence-electron chi connectivity index (χ4n) is 2.10. The van der Waals surface area contributed by atoms with Crippen LogP contribution in [0.3, 0.4) is 0 Å². The zero-order valence-corrected chi connectivity index (χ0v) is 15.3. The molecular weight excluding hydrogens is 300 g/mol. The Hall–Kier alpha value is 0.610. The van der Waals surface area contributed by atoms with Crippen molar-refractivity contribution in [3.05, 3.63) is 5.73 Å². The largest absolute Gasteiger partial charge is 1.00 e. The monoisotopic (exact) mass is 309 g/mol. The number of urea groups is 1. The summed E-state index contributed by atoms with van der Waals surface area (Å²) < 4.78 is 35.4. The maximum absolute atomic E-state index is 11.7. The second kappa shape index (κ2) is 7.05. The standard InChI is InChI=1S/C7H11N3O6S.2Na/c8-6(11)5-2-1-4-3-9(5)7(12)10(4)16-17(13,14)15;;/h4-5H,1-3H2,(H3,8,11,13,14,15);;/q;2*+1/p-2/t4-,5+;;/m1../s1. The van der Waals surface area contributed by atoms with E-state index in [1.165, 1.54) is 0 Å². The van der Waals surface area contributed by atoms with Crippen molar-refractivity contribution >= 4 is 22.3 Å². The van der Waals surface area contributed by atoms with E-state index in [2.05, 4.69) is 4.28 Å². The van der Waals surface area contributed by atoms with Crippen molar-refractivity contribution in [3.8, 4) is 0 Å². The summed E-state index contributed by atoms with van der Waals surface area (Å²) in [5.41, 5.74) is 6.99. The summed E-state index contributed by atoms with van der Waals surface area (Å²) in [6, 6.07) is -2.32. The second-order valence-electron chi connectivity index (χ2n) is 3.85. The first-order chi connectivity index (χ1) is 7.79. The number of fused-ring (bicyclic) bond motifs is 2. The minimum absolute atomic E-state index is 0. The van der Waals surface area contributed by atoms with E-state index in [0.717, 1.165) is 4.90 Å². The molecule has 0 saturated carbocycles. The van der Waals surface area contributed by atoms with Crippen LogP contribution in [0, 0.1) is 0 Å². The molecule has 2 aliphatic heterocycles. The maximum atomic E-state index is 11.7. The molecule has 2 heterocycles. The van der Waals surface area contributed by atoms with Gasteiger partial charge in [-0.1, -0.05) is 0 Å². The Morgan fingerprint density at radius 1 is 1.37 bits per heavy atom. The van der Waals surface area contributed by atoms with Crippen molar-refractivity contribution in [2.24, 2.45) is 0 Å². The molecule has 2 saturated heterocycles. The Morgan fingerprint density at radius 2 is 1.95 bits per heavy atom. The van der Waals surface area contributed by atoms with Gasteiger partial charge in [-0.15, -0.1) is 0 Å². The van der Waals surface area contributed by atoms with Crippen LogP contribution in [-0.2, 0) is 19.5 Å². The third kappa shape index (κ3) is 4.29. The van der Waals surface area contributed by atoms with Gasteiger partial charge < -0.3 is 20.0 Å². The smallest absolute Gasteiger partial charge is 0.724 e. The average molecular weight is 309 g/mol. The number of carbonyl (C=O) groups excluding carboxylic acids is 2. The summed E-state index contributed by atoms with van der Waals surface area (Å²) >= 11 is 0. The topological polar surface area (TPSA) is 131 Å². The molecule has 0 radical (unpaired) electrons. The molecule has 1 N–H and O–H groups in total. The molecule has 0 spiro atoms. The van der Waals surface area contributed by atoms with Crippen LogP contribution >= 0.6 is 0 Å². The third-order valence-electron chi connectivity index (χ3n) is 2.80. The fourth-order valence-corrected chi connectivity index (χ4v) is 2.48. The van der Waals surface area contributed by atoms with E-state index in [-0.39, 0.29) is 72.1 Å². The van der Waals surface area contributed by atoms with Crippen molar-refractivity contribution in [2.75, 3.05) is 6.54 Å². The van der Waals surface area contributed by atoms with Crippen LogP contribution in [0.2, 0.25) is 0 Å². The van der Waals surface area contributed by atoms with Crippen LogP contribution in [0.1, 0.15) is 12.8 Å². The van der Waals surface area contributed by atoms with Crippen LogP contribution in [0.5, 0.6) is 0 Å². The first kappa shape index (κ1) is 19.6. The molecule has 96 valence electrons. The predicted octanol–water partition coefficient (Wildman–Crippen LogP) is -6.77. The van der Waals surface area contributed by atoms with Crippen molar-refractivity contribution < 1.29 is 86.0 Å². The number of hydrogen-bond donors (Lipinski definition) is 0. The number of nitrogens with zero attached hydrogens (tertiary/aromatic N) is 2. The van der Waals surface area contributed by atoms with Crippen LogP contribution < -0.4 is 59.1 Å². The predicted molar refractivity (Wildman–Crippen MR) is 50.9 cm³/mol. The van der Waals surface area contributed by atoms with Crippen molar-refractivity contribution in [2.45, 2.75) is 24.9 Å². The van der Waals surface area contributed by atoms with Crippen LogP contribution in [-0.4, -0.2) is 53.5 Å². The van der Waals surface area contributed by atoms with E-state index in [1.54, 1.807) is 0 Å². The molecule has 3 amide bonds. The van der Waals surface area contributed by atoms with Gasteiger partial charge >= 0.3 is 65.1 Å². The van der Waals surface area contributed by atoms with Crippen molar-refractivity contribution in [3.63, 3.8) is 0 Å². The summed E-state index contributed by atoms with van der Waals surface area (Å²) in [4.78, 5) is 23.7. The Kier molecular flexibility index (Phi) is 7.28. The Labute approximate surface area is 154 Å². The molecule has 2 bridgehead atoms. The maximum Gasteiger partial charge on any atom is 1.00 e. The number of hydrogen-bond acceptors (Lipinski definition) is 6. The number of nitrogens with one attached hydrogen (secondary N) is 1. The molecule has 2 aliphatic rings. The second-order valence-corrected chi connectivity index (χ2v) is 4.82. The van der Waals surface area contributed by atoms with E-state index in [1.807, 2.05) is 0 Å². The van der Waals surface area contributed by atoms with Gasteiger partial charge in [-0.2, -0.15) is 9.35 Å². The zero-order valence-electron chi connectivity index (χ0n) is 10.5. The van der Waals surface area contributed by atoms with E-state index >= 15 is 0 Å². The average Bonchev–Trinajstić information content (AvgIpc) is 2.42. The zero-order chi connectivity index (χ0) is 12.8. The molecule has 0 aromatic carbocycles. The number of carbonyl (C=O) groups is 2. The van der Waals surface area contributed by atoms with E-state index in [4.69, 9.17) is 5.73 Å². The normalized spacial score (nSPS) is 25.6. The third-order valence-corrected chi connectivity index (χ3v) is 3.14. The Balaban J connectivity index is 0.00000162. The van der Waals surface area contributed by atoms with Gasteiger partial charge in [0.15, 0.2) is 0 Å². The van der Waals surface area contributed by atoms with Crippen LogP contribution in [0.15, 0.2) is 0 Å². The first-order valence-electron chi connectivity index (χ1n) is 4.80. The van der Waals surface area contributed by atoms with E-state index in [0.29, 0.717) is 11.5 Å². The van der Waals surface area contributed by atoms with Gasteiger partial charge in [0.25, 0.3) is 0 Å². The van der Waals surface area contributed by atoms with Gasteiger partial charge in [-0.3, -0.25) is 0 Å². The molecule has 12 heteroatoms. The quantitative estimate of drug-likeness (QED) is 0.289. The van der Waals surface area contributed by atoms with Crippen LogP contribution in [0.25, 0.3) is 5.73 Å². The summed E-state index contributed by atoms with van der Waals surface area (Å²) in [7, 11) is -5.02. The molecule has 19 heavy (non-hydrogen) atoms. The Bertz CT molecular complexity index is 471. The van der Waals surface area contributed by atoms with Crippen LogP contribution in [0.4, 0.5) is 4.79 Å². The summed E-state index contributed by atoms with van der Waals surface area (Å²) in [6.45, 7) is 0.0869. The van der Waals surface area contributed by atoms with Crippen molar-refractivity contribution in [1.29, 1.82) is 0 Å². The molecular formula is C7H9N3Na2O6S. The number of rotatable bonds is 3. The SMILES string of the molecule is [NH-]C(=O)[C@@H]1CC[C@@H]2CN1C(=O)N2OS(=O)(=O)[O-].[Na+].[Na+].